The smallest absolute Gasteiger partial charge is 0.0928 e. The van der Waals surface area contributed by atoms with E-state index in [0.29, 0.717) is 23.7 Å². The summed E-state index contributed by atoms with van der Waals surface area (Å²) in [6, 6.07) is 7.80. The van der Waals surface area contributed by atoms with Crippen LogP contribution in [-0.4, -0.2) is 30.4 Å². The van der Waals surface area contributed by atoms with Gasteiger partial charge in [-0.3, -0.25) is 0 Å². The number of rotatable bonds is 6. The van der Waals surface area contributed by atoms with E-state index in [0.717, 1.165) is 18.6 Å². The Bertz CT molecular complexity index is 450. The maximum atomic E-state index is 10.2. The van der Waals surface area contributed by atoms with Gasteiger partial charge < -0.3 is 15.2 Å². The standard InChI is InChI=1S/C16H24ClNO2/c1-4-20-15-9-14(16(15,2)3)18-10-13(19)11-7-5-6-8-12(11)17/h5-8,13-15,18-19H,4,9-10H2,1-3H3. The van der Waals surface area contributed by atoms with Crippen LogP contribution in [0.1, 0.15) is 38.9 Å². The monoisotopic (exact) mass is 297 g/mol. The molecule has 0 aromatic heterocycles. The Morgan fingerprint density at radius 2 is 2.15 bits per heavy atom. The van der Waals surface area contributed by atoms with Crippen molar-refractivity contribution >= 4 is 11.6 Å². The van der Waals surface area contributed by atoms with E-state index in [9.17, 15) is 5.11 Å². The number of nitrogens with one attached hydrogen (secondary N) is 1. The van der Waals surface area contributed by atoms with Gasteiger partial charge in [-0.15, -0.1) is 0 Å². The quantitative estimate of drug-likeness (QED) is 0.847. The molecule has 4 heteroatoms. The first-order chi connectivity index (χ1) is 9.46. The molecule has 20 heavy (non-hydrogen) atoms. The average molecular weight is 298 g/mol. The van der Waals surface area contributed by atoms with Crippen molar-refractivity contribution in [3.05, 3.63) is 34.9 Å². The minimum absolute atomic E-state index is 0.107. The van der Waals surface area contributed by atoms with Gasteiger partial charge in [0.25, 0.3) is 0 Å². The summed E-state index contributed by atoms with van der Waals surface area (Å²) in [5.74, 6) is 0. The van der Waals surface area contributed by atoms with Crippen molar-refractivity contribution in [1.82, 2.24) is 5.32 Å². The molecule has 0 radical (unpaired) electrons. The van der Waals surface area contributed by atoms with Crippen LogP contribution >= 0.6 is 11.6 Å². The zero-order chi connectivity index (χ0) is 14.8. The molecule has 0 aliphatic heterocycles. The fourth-order valence-electron chi connectivity index (χ4n) is 2.83. The minimum atomic E-state index is -0.578. The highest BCUT2D eigenvalue weighted by molar-refractivity contribution is 6.31. The number of aliphatic hydroxyl groups excluding tert-OH is 1. The Hall–Kier alpha value is -0.610. The summed E-state index contributed by atoms with van der Waals surface area (Å²) in [6.07, 6.45) is 0.726. The van der Waals surface area contributed by atoms with Gasteiger partial charge in [0.15, 0.2) is 0 Å². The van der Waals surface area contributed by atoms with Gasteiger partial charge in [-0.1, -0.05) is 43.6 Å². The van der Waals surface area contributed by atoms with Crippen LogP contribution < -0.4 is 5.32 Å². The molecule has 1 aliphatic carbocycles. The fourth-order valence-corrected chi connectivity index (χ4v) is 3.09. The summed E-state index contributed by atoms with van der Waals surface area (Å²) in [7, 11) is 0. The van der Waals surface area contributed by atoms with Gasteiger partial charge in [-0.05, 0) is 19.4 Å². The molecular formula is C16H24ClNO2. The van der Waals surface area contributed by atoms with E-state index in [-0.39, 0.29) is 5.41 Å². The minimum Gasteiger partial charge on any atom is -0.387 e. The maximum absolute atomic E-state index is 10.2. The van der Waals surface area contributed by atoms with Gasteiger partial charge in [-0.2, -0.15) is 0 Å². The van der Waals surface area contributed by atoms with Crippen LogP contribution in [0.25, 0.3) is 0 Å². The zero-order valence-corrected chi connectivity index (χ0v) is 13.2. The second-order valence-electron chi connectivity index (χ2n) is 6.00. The number of hydrogen-bond donors (Lipinski definition) is 2. The second-order valence-corrected chi connectivity index (χ2v) is 6.41. The lowest BCUT2D eigenvalue weighted by atomic mass is 9.64. The highest BCUT2D eigenvalue weighted by Crippen LogP contribution is 2.42. The molecule has 0 saturated heterocycles. The van der Waals surface area contributed by atoms with Crippen LogP contribution in [0.4, 0.5) is 0 Å². The summed E-state index contributed by atoms with van der Waals surface area (Å²) in [5.41, 5.74) is 0.885. The number of aliphatic hydroxyl groups is 1. The predicted octanol–water partition coefficient (Wildman–Crippen LogP) is 3.17. The second kappa shape index (κ2) is 6.44. The first kappa shape index (κ1) is 15.8. The van der Waals surface area contributed by atoms with Crippen LogP contribution in [0.5, 0.6) is 0 Å². The van der Waals surface area contributed by atoms with Crippen molar-refractivity contribution in [3.8, 4) is 0 Å². The first-order valence-corrected chi connectivity index (χ1v) is 7.62. The van der Waals surface area contributed by atoms with Crippen molar-refractivity contribution in [1.29, 1.82) is 0 Å². The van der Waals surface area contributed by atoms with Gasteiger partial charge in [0.05, 0.1) is 12.2 Å². The van der Waals surface area contributed by atoms with E-state index in [1.54, 1.807) is 6.07 Å². The molecular weight excluding hydrogens is 274 g/mol. The molecule has 3 atom stereocenters. The van der Waals surface area contributed by atoms with Crippen LogP contribution in [0, 0.1) is 5.41 Å². The van der Waals surface area contributed by atoms with Crippen LogP contribution in [-0.2, 0) is 4.74 Å². The SMILES string of the molecule is CCOC1CC(NCC(O)c2ccccc2Cl)C1(C)C. The fraction of sp³-hybridized carbons (Fsp3) is 0.625. The Morgan fingerprint density at radius 3 is 2.75 bits per heavy atom. The Morgan fingerprint density at radius 1 is 1.45 bits per heavy atom. The molecule has 2 rings (SSSR count). The predicted molar refractivity (Wildman–Crippen MR) is 82.0 cm³/mol. The molecule has 0 heterocycles. The average Bonchev–Trinajstić information content (AvgIpc) is 2.42. The third kappa shape index (κ3) is 3.17. The maximum Gasteiger partial charge on any atom is 0.0928 e. The molecule has 0 amide bonds. The van der Waals surface area contributed by atoms with Gasteiger partial charge in [-0.25, -0.2) is 0 Å². The Kier molecular flexibility index (Phi) is 5.08. The van der Waals surface area contributed by atoms with Crippen molar-refractivity contribution in [3.63, 3.8) is 0 Å². The molecule has 0 spiro atoms. The van der Waals surface area contributed by atoms with Crippen molar-refractivity contribution in [2.24, 2.45) is 5.41 Å². The van der Waals surface area contributed by atoms with Gasteiger partial charge >= 0.3 is 0 Å². The topological polar surface area (TPSA) is 41.5 Å². The largest absolute Gasteiger partial charge is 0.387 e. The molecule has 0 bridgehead atoms. The van der Waals surface area contributed by atoms with E-state index in [1.807, 2.05) is 25.1 Å². The van der Waals surface area contributed by atoms with E-state index < -0.39 is 6.10 Å². The molecule has 1 fully saturated rings. The van der Waals surface area contributed by atoms with Gasteiger partial charge in [0.2, 0.25) is 0 Å². The number of ether oxygens (including phenoxy) is 1. The highest BCUT2D eigenvalue weighted by Gasteiger charge is 2.48. The van der Waals surface area contributed by atoms with E-state index in [4.69, 9.17) is 16.3 Å². The van der Waals surface area contributed by atoms with Crippen molar-refractivity contribution in [2.75, 3.05) is 13.2 Å². The van der Waals surface area contributed by atoms with Crippen LogP contribution in [0.15, 0.2) is 24.3 Å². The summed E-state index contributed by atoms with van der Waals surface area (Å²) < 4.78 is 5.71. The van der Waals surface area contributed by atoms with Gasteiger partial charge in [0, 0.05) is 35.2 Å². The zero-order valence-electron chi connectivity index (χ0n) is 12.4. The third-order valence-corrected chi connectivity index (χ3v) is 4.71. The molecule has 1 aromatic carbocycles. The van der Waals surface area contributed by atoms with Gasteiger partial charge in [0.1, 0.15) is 0 Å². The first-order valence-electron chi connectivity index (χ1n) is 7.24. The summed E-state index contributed by atoms with van der Waals surface area (Å²) >= 11 is 6.09. The number of benzene rings is 1. The van der Waals surface area contributed by atoms with E-state index >= 15 is 0 Å². The van der Waals surface area contributed by atoms with Crippen molar-refractivity contribution in [2.45, 2.75) is 45.4 Å². The molecule has 1 aromatic rings. The normalized spacial score (nSPS) is 26.1. The summed E-state index contributed by atoms with van der Waals surface area (Å²) in [4.78, 5) is 0. The van der Waals surface area contributed by atoms with Crippen LogP contribution in [0.3, 0.4) is 0 Å². The number of halogens is 1. The molecule has 2 N–H and O–H groups in total. The Balaban J connectivity index is 1.86. The molecule has 1 aliphatic rings. The van der Waals surface area contributed by atoms with E-state index in [1.165, 1.54) is 0 Å². The summed E-state index contributed by atoms with van der Waals surface area (Å²) in [5, 5.41) is 14.3. The highest BCUT2D eigenvalue weighted by atomic mass is 35.5. The lowest BCUT2D eigenvalue weighted by Crippen LogP contribution is -2.61. The van der Waals surface area contributed by atoms with Crippen molar-refractivity contribution < 1.29 is 9.84 Å². The lowest BCUT2D eigenvalue weighted by Gasteiger charge is -2.52. The summed E-state index contributed by atoms with van der Waals surface area (Å²) in [6.45, 7) is 7.70. The third-order valence-electron chi connectivity index (χ3n) is 4.37. The molecule has 1 saturated carbocycles. The van der Waals surface area contributed by atoms with E-state index in [2.05, 4.69) is 19.2 Å². The molecule has 3 nitrogen and oxygen atoms in total. The Labute approximate surface area is 126 Å². The van der Waals surface area contributed by atoms with Crippen LogP contribution in [0.2, 0.25) is 5.02 Å². The molecule has 112 valence electrons. The molecule has 3 unspecified atom stereocenters. The lowest BCUT2D eigenvalue weighted by molar-refractivity contribution is -0.115. The number of hydrogen-bond acceptors (Lipinski definition) is 3.